The zero-order valence-corrected chi connectivity index (χ0v) is 16.3. The molecule has 0 atom stereocenters. The van der Waals surface area contributed by atoms with Crippen molar-refractivity contribution in [2.45, 2.75) is 11.6 Å². The van der Waals surface area contributed by atoms with Gasteiger partial charge in [-0.15, -0.1) is 0 Å². The molecule has 5 nitrogen and oxygen atoms in total. The van der Waals surface area contributed by atoms with Crippen LogP contribution >= 0.6 is 11.8 Å². The van der Waals surface area contributed by atoms with E-state index in [4.69, 9.17) is 4.74 Å². The third kappa shape index (κ3) is 5.14. The van der Waals surface area contributed by atoms with Gasteiger partial charge < -0.3 is 14.6 Å². The standard InChI is InChI=1S/C21H23N3O2S/c1-24-19(17-6-4-3-5-7-17)14-23-21(24)27-15-20(25)22-13-12-16-8-10-18(26-2)11-9-16/h3-11,14H,12-13,15H2,1-2H3,(H,22,25). The van der Waals surface area contributed by atoms with Crippen LogP contribution in [0.15, 0.2) is 66.0 Å². The maximum absolute atomic E-state index is 12.1. The number of amides is 1. The Hall–Kier alpha value is -2.73. The molecule has 1 amide bonds. The van der Waals surface area contributed by atoms with E-state index in [0.29, 0.717) is 12.3 Å². The molecular weight excluding hydrogens is 358 g/mol. The molecule has 0 aliphatic heterocycles. The van der Waals surface area contributed by atoms with Gasteiger partial charge in [-0.1, -0.05) is 54.2 Å². The van der Waals surface area contributed by atoms with Crippen LogP contribution in [0, 0.1) is 0 Å². The van der Waals surface area contributed by atoms with Crippen LogP contribution < -0.4 is 10.1 Å². The van der Waals surface area contributed by atoms with E-state index in [-0.39, 0.29) is 5.91 Å². The number of imidazole rings is 1. The average Bonchev–Trinajstić information content (AvgIpc) is 3.08. The van der Waals surface area contributed by atoms with Gasteiger partial charge in [0.25, 0.3) is 0 Å². The Bertz CT molecular complexity index is 876. The molecule has 6 heteroatoms. The first kappa shape index (κ1) is 19.0. The molecule has 0 bridgehead atoms. The Labute approximate surface area is 163 Å². The third-order valence-corrected chi connectivity index (χ3v) is 5.29. The zero-order chi connectivity index (χ0) is 19.1. The molecule has 140 valence electrons. The number of aromatic nitrogens is 2. The number of nitrogens with zero attached hydrogens (tertiary/aromatic N) is 2. The number of ether oxygens (including phenoxy) is 1. The quantitative estimate of drug-likeness (QED) is 0.607. The number of hydrogen-bond donors (Lipinski definition) is 1. The van der Waals surface area contributed by atoms with E-state index in [2.05, 4.69) is 22.4 Å². The van der Waals surface area contributed by atoms with Gasteiger partial charge in [0.1, 0.15) is 5.75 Å². The van der Waals surface area contributed by atoms with Crippen molar-refractivity contribution < 1.29 is 9.53 Å². The van der Waals surface area contributed by atoms with E-state index in [1.807, 2.05) is 60.3 Å². The van der Waals surface area contributed by atoms with Crippen molar-refractivity contribution in [1.29, 1.82) is 0 Å². The molecule has 2 aromatic carbocycles. The molecule has 1 aromatic heterocycles. The van der Waals surface area contributed by atoms with Gasteiger partial charge in [-0.3, -0.25) is 4.79 Å². The molecule has 0 radical (unpaired) electrons. The number of thioether (sulfide) groups is 1. The topological polar surface area (TPSA) is 56.1 Å². The van der Waals surface area contributed by atoms with E-state index in [9.17, 15) is 4.79 Å². The summed E-state index contributed by atoms with van der Waals surface area (Å²) in [5, 5.41) is 3.79. The number of rotatable bonds is 8. The van der Waals surface area contributed by atoms with Gasteiger partial charge in [0, 0.05) is 13.6 Å². The lowest BCUT2D eigenvalue weighted by Gasteiger charge is -2.07. The van der Waals surface area contributed by atoms with Crippen molar-refractivity contribution in [2.24, 2.45) is 7.05 Å². The molecule has 3 aromatic rings. The molecule has 1 heterocycles. The van der Waals surface area contributed by atoms with E-state index < -0.39 is 0 Å². The van der Waals surface area contributed by atoms with Crippen LogP contribution in [-0.4, -0.2) is 34.9 Å². The Morgan fingerprint density at radius 2 is 1.89 bits per heavy atom. The summed E-state index contributed by atoms with van der Waals surface area (Å²) in [7, 11) is 3.62. The monoisotopic (exact) mass is 381 g/mol. The van der Waals surface area contributed by atoms with Crippen LogP contribution in [-0.2, 0) is 18.3 Å². The summed E-state index contributed by atoms with van der Waals surface area (Å²) in [5.41, 5.74) is 3.32. The number of hydrogen-bond acceptors (Lipinski definition) is 4. The van der Waals surface area contributed by atoms with Gasteiger partial charge >= 0.3 is 0 Å². The number of methoxy groups -OCH3 is 1. The minimum atomic E-state index is 0.0118. The van der Waals surface area contributed by atoms with Crippen LogP contribution in [0.2, 0.25) is 0 Å². The summed E-state index contributed by atoms with van der Waals surface area (Å²) in [5.74, 6) is 1.20. The summed E-state index contributed by atoms with van der Waals surface area (Å²) >= 11 is 1.45. The maximum atomic E-state index is 12.1. The van der Waals surface area contributed by atoms with Gasteiger partial charge in [0.15, 0.2) is 5.16 Å². The second kappa shape index (κ2) is 9.28. The molecule has 0 saturated heterocycles. The van der Waals surface area contributed by atoms with Gasteiger partial charge in [0.2, 0.25) is 5.91 Å². The number of carbonyl (C=O) groups excluding carboxylic acids is 1. The predicted octanol–water partition coefficient (Wildman–Crippen LogP) is 3.55. The number of carbonyl (C=O) groups is 1. The second-order valence-electron chi connectivity index (χ2n) is 6.09. The van der Waals surface area contributed by atoms with Crippen LogP contribution in [0.3, 0.4) is 0 Å². The van der Waals surface area contributed by atoms with E-state index in [1.165, 1.54) is 17.3 Å². The zero-order valence-electron chi connectivity index (χ0n) is 15.5. The SMILES string of the molecule is COc1ccc(CCNC(=O)CSc2ncc(-c3ccccc3)n2C)cc1. The van der Waals surface area contributed by atoms with Crippen molar-refractivity contribution in [3.63, 3.8) is 0 Å². The largest absolute Gasteiger partial charge is 0.497 e. The van der Waals surface area contributed by atoms with E-state index >= 15 is 0 Å². The number of nitrogens with one attached hydrogen (secondary N) is 1. The molecule has 0 aliphatic rings. The molecule has 27 heavy (non-hydrogen) atoms. The van der Waals surface area contributed by atoms with Crippen molar-refractivity contribution in [3.8, 4) is 17.0 Å². The smallest absolute Gasteiger partial charge is 0.230 e. The highest BCUT2D eigenvalue weighted by molar-refractivity contribution is 7.99. The van der Waals surface area contributed by atoms with Crippen LogP contribution in [0.25, 0.3) is 11.3 Å². The molecule has 3 rings (SSSR count). The molecule has 0 saturated carbocycles. The molecule has 1 N–H and O–H groups in total. The Morgan fingerprint density at radius 3 is 2.59 bits per heavy atom. The Balaban J connectivity index is 1.46. The summed E-state index contributed by atoms with van der Waals surface area (Å²) < 4.78 is 7.16. The highest BCUT2D eigenvalue weighted by Gasteiger charge is 2.10. The van der Waals surface area contributed by atoms with Gasteiger partial charge in [-0.25, -0.2) is 4.98 Å². The maximum Gasteiger partial charge on any atom is 0.230 e. The van der Waals surface area contributed by atoms with Gasteiger partial charge in [-0.2, -0.15) is 0 Å². The highest BCUT2D eigenvalue weighted by Crippen LogP contribution is 2.24. The molecule has 0 fully saturated rings. The fourth-order valence-corrected chi connectivity index (χ4v) is 3.50. The first-order chi connectivity index (χ1) is 13.2. The highest BCUT2D eigenvalue weighted by atomic mass is 32.2. The van der Waals surface area contributed by atoms with Crippen molar-refractivity contribution in [2.75, 3.05) is 19.4 Å². The Morgan fingerprint density at radius 1 is 1.15 bits per heavy atom. The fourth-order valence-electron chi connectivity index (χ4n) is 2.72. The summed E-state index contributed by atoms with van der Waals surface area (Å²) in [6, 6.07) is 18.0. The minimum Gasteiger partial charge on any atom is -0.497 e. The van der Waals surface area contributed by atoms with Crippen molar-refractivity contribution in [3.05, 3.63) is 66.4 Å². The first-order valence-corrected chi connectivity index (χ1v) is 9.75. The molecule has 0 unspecified atom stereocenters. The van der Waals surface area contributed by atoms with Crippen LogP contribution in [0.5, 0.6) is 5.75 Å². The first-order valence-electron chi connectivity index (χ1n) is 8.77. The average molecular weight is 382 g/mol. The normalized spacial score (nSPS) is 10.6. The van der Waals surface area contributed by atoms with Gasteiger partial charge in [0.05, 0.1) is 24.8 Å². The number of benzene rings is 2. The van der Waals surface area contributed by atoms with Crippen molar-refractivity contribution in [1.82, 2.24) is 14.9 Å². The fraction of sp³-hybridized carbons (Fsp3) is 0.238. The van der Waals surface area contributed by atoms with Crippen molar-refractivity contribution >= 4 is 17.7 Å². The van der Waals surface area contributed by atoms with Crippen LogP contribution in [0.1, 0.15) is 5.56 Å². The van der Waals surface area contributed by atoms with E-state index in [1.54, 1.807) is 7.11 Å². The lowest BCUT2D eigenvalue weighted by molar-refractivity contribution is -0.118. The lowest BCUT2D eigenvalue weighted by atomic mass is 10.1. The lowest BCUT2D eigenvalue weighted by Crippen LogP contribution is -2.27. The predicted molar refractivity (Wildman–Crippen MR) is 109 cm³/mol. The Kier molecular flexibility index (Phi) is 6.54. The minimum absolute atomic E-state index is 0.0118. The molecule has 0 spiro atoms. The van der Waals surface area contributed by atoms with E-state index in [0.717, 1.165) is 28.6 Å². The molecular formula is C21H23N3O2S. The van der Waals surface area contributed by atoms with Crippen LogP contribution in [0.4, 0.5) is 0 Å². The molecule has 0 aliphatic carbocycles. The summed E-state index contributed by atoms with van der Waals surface area (Å²) in [6.07, 6.45) is 2.64. The van der Waals surface area contributed by atoms with Gasteiger partial charge in [-0.05, 0) is 29.7 Å². The second-order valence-corrected chi connectivity index (χ2v) is 7.03. The summed E-state index contributed by atoms with van der Waals surface area (Å²) in [6.45, 7) is 0.613. The third-order valence-electron chi connectivity index (χ3n) is 4.24. The summed E-state index contributed by atoms with van der Waals surface area (Å²) in [4.78, 5) is 16.5.